The van der Waals surface area contributed by atoms with Crippen LogP contribution in [0, 0.1) is 5.92 Å². The third kappa shape index (κ3) is 3.47. The fraction of sp³-hybridized carbons (Fsp3) is 0.600. The maximum atomic E-state index is 9.27. The minimum absolute atomic E-state index is 0.340. The topological polar surface area (TPSA) is 32.3 Å². The number of phenolic OH excluding ortho intramolecular Hbond substituents is 1. The quantitative estimate of drug-likeness (QED) is 0.835. The van der Waals surface area contributed by atoms with Gasteiger partial charge in [-0.25, -0.2) is 0 Å². The molecule has 0 heterocycles. The molecule has 1 saturated carbocycles. The summed E-state index contributed by atoms with van der Waals surface area (Å²) in [5.74, 6) is 1.24. The van der Waals surface area contributed by atoms with Crippen molar-refractivity contribution in [2.75, 3.05) is 0 Å². The molecule has 17 heavy (non-hydrogen) atoms. The van der Waals surface area contributed by atoms with Crippen LogP contribution in [0.5, 0.6) is 5.75 Å². The number of hydrogen-bond donors (Lipinski definition) is 2. The van der Waals surface area contributed by atoms with Crippen LogP contribution in [-0.4, -0.2) is 11.1 Å². The summed E-state index contributed by atoms with van der Waals surface area (Å²) in [6.45, 7) is 4.55. The summed E-state index contributed by atoms with van der Waals surface area (Å²) < 4.78 is 0. The normalized spacial score (nSPS) is 26.7. The fourth-order valence-corrected chi connectivity index (χ4v) is 2.64. The standard InChI is InChI=1S/C15H23NO/c1-11-3-7-14(8-4-11)16-12(2)13-5-9-15(17)10-6-13/h5-6,9-12,14,16-17H,3-4,7-8H2,1-2H3. The third-order valence-electron chi connectivity index (χ3n) is 3.89. The molecular formula is C15H23NO. The van der Waals surface area contributed by atoms with Crippen LogP contribution in [0.1, 0.15) is 51.1 Å². The van der Waals surface area contributed by atoms with Crippen LogP contribution in [0.2, 0.25) is 0 Å². The van der Waals surface area contributed by atoms with Crippen molar-refractivity contribution in [3.05, 3.63) is 29.8 Å². The van der Waals surface area contributed by atoms with Gasteiger partial charge in [0.05, 0.1) is 0 Å². The van der Waals surface area contributed by atoms with Crippen molar-refractivity contribution in [2.45, 2.75) is 51.6 Å². The van der Waals surface area contributed by atoms with Crippen molar-refractivity contribution in [1.29, 1.82) is 0 Å². The summed E-state index contributed by atoms with van der Waals surface area (Å²) in [4.78, 5) is 0. The van der Waals surface area contributed by atoms with E-state index in [-0.39, 0.29) is 0 Å². The van der Waals surface area contributed by atoms with Gasteiger partial charge in [-0.1, -0.05) is 19.1 Å². The Balaban J connectivity index is 1.88. The van der Waals surface area contributed by atoms with Crippen molar-refractivity contribution in [2.24, 2.45) is 5.92 Å². The van der Waals surface area contributed by atoms with E-state index in [0.717, 1.165) is 5.92 Å². The summed E-state index contributed by atoms with van der Waals surface area (Å²) >= 11 is 0. The second-order valence-electron chi connectivity index (χ2n) is 5.44. The highest BCUT2D eigenvalue weighted by atomic mass is 16.3. The van der Waals surface area contributed by atoms with Gasteiger partial charge in [0.25, 0.3) is 0 Å². The Hall–Kier alpha value is -1.02. The van der Waals surface area contributed by atoms with Crippen molar-refractivity contribution < 1.29 is 5.11 Å². The number of aromatic hydroxyl groups is 1. The maximum Gasteiger partial charge on any atom is 0.115 e. The molecule has 2 nitrogen and oxygen atoms in total. The van der Waals surface area contributed by atoms with E-state index in [4.69, 9.17) is 0 Å². The largest absolute Gasteiger partial charge is 0.508 e. The summed E-state index contributed by atoms with van der Waals surface area (Å²) in [6, 6.07) is 8.55. The van der Waals surface area contributed by atoms with E-state index in [2.05, 4.69) is 19.2 Å². The zero-order valence-electron chi connectivity index (χ0n) is 10.8. The van der Waals surface area contributed by atoms with E-state index in [1.54, 1.807) is 12.1 Å². The molecule has 0 spiro atoms. The van der Waals surface area contributed by atoms with Crippen LogP contribution in [0.4, 0.5) is 0 Å². The zero-order chi connectivity index (χ0) is 12.3. The van der Waals surface area contributed by atoms with E-state index < -0.39 is 0 Å². The van der Waals surface area contributed by atoms with Gasteiger partial charge in [0, 0.05) is 12.1 Å². The minimum atomic E-state index is 0.340. The number of nitrogens with one attached hydrogen (secondary N) is 1. The van der Waals surface area contributed by atoms with Gasteiger partial charge < -0.3 is 10.4 Å². The molecule has 94 valence electrons. The van der Waals surface area contributed by atoms with Crippen LogP contribution >= 0.6 is 0 Å². The monoisotopic (exact) mass is 233 g/mol. The molecule has 0 saturated heterocycles. The molecule has 1 unspecified atom stereocenters. The highest BCUT2D eigenvalue weighted by Crippen LogP contribution is 2.26. The Morgan fingerprint density at radius 1 is 1.12 bits per heavy atom. The summed E-state index contributed by atoms with van der Waals surface area (Å²) in [5, 5.41) is 13.0. The van der Waals surface area contributed by atoms with E-state index in [1.807, 2.05) is 12.1 Å². The zero-order valence-corrected chi connectivity index (χ0v) is 10.8. The molecule has 1 fully saturated rings. The number of rotatable bonds is 3. The Morgan fingerprint density at radius 3 is 2.29 bits per heavy atom. The van der Waals surface area contributed by atoms with Gasteiger partial charge in [-0.3, -0.25) is 0 Å². The van der Waals surface area contributed by atoms with Gasteiger partial charge >= 0.3 is 0 Å². The fourth-order valence-electron chi connectivity index (χ4n) is 2.64. The van der Waals surface area contributed by atoms with Crippen LogP contribution in [0.3, 0.4) is 0 Å². The lowest BCUT2D eigenvalue weighted by atomic mass is 9.87. The SMILES string of the molecule is CC1CCC(NC(C)c2ccc(O)cc2)CC1. The second kappa shape index (κ2) is 5.54. The highest BCUT2D eigenvalue weighted by Gasteiger charge is 2.19. The lowest BCUT2D eigenvalue weighted by Crippen LogP contribution is -2.34. The molecule has 2 rings (SSSR count). The lowest BCUT2D eigenvalue weighted by Gasteiger charge is -2.29. The molecule has 1 aliphatic rings. The third-order valence-corrected chi connectivity index (χ3v) is 3.89. The first-order valence-corrected chi connectivity index (χ1v) is 6.70. The predicted molar refractivity (Wildman–Crippen MR) is 71.1 cm³/mol. The van der Waals surface area contributed by atoms with E-state index >= 15 is 0 Å². The molecule has 2 heteroatoms. The van der Waals surface area contributed by atoms with Gasteiger partial charge in [-0.2, -0.15) is 0 Å². The molecule has 2 N–H and O–H groups in total. The van der Waals surface area contributed by atoms with Gasteiger partial charge in [-0.15, -0.1) is 0 Å². The first kappa shape index (κ1) is 12.4. The Bertz CT molecular complexity index is 338. The number of benzene rings is 1. The average Bonchev–Trinajstić information content (AvgIpc) is 2.33. The highest BCUT2D eigenvalue weighted by molar-refractivity contribution is 5.27. The summed E-state index contributed by atoms with van der Waals surface area (Å²) in [7, 11) is 0. The predicted octanol–water partition coefficient (Wildman–Crippen LogP) is 3.62. The molecule has 0 aliphatic heterocycles. The molecule has 0 radical (unpaired) electrons. The Kier molecular flexibility index (Phi) is 4.06. The van der Waals surface area contributed by atoms with Crippen molar-refractivity contribution >= 4 is 0 Å². The first-order chi connectivity index (χ1) is 8.15. The van der Waals surface area contributed by atoms with Crippen molar-refractivity contribution in [1.82, 2.24) is 5.32 Å². The van der Waals surface area contributed by atoms with Crippen LogP contribution in [0.15, 0.2) is 24.3 Å². The summed E-state index contributed by atoms with van der Waals surface area (Å²) in [5.41, 5.74) is 1.25. The minimum Gasteiger partial charge on any atom is -0.508 e. The van der Waals surface area contributed by atoms with E-state index in [1.165, 1.54) is 31.2 Å². The Morgan fingerprint density at radius 2 is 1.71 bits per heavy atom. The molecule has 1 aliphatic carbocycles. The number of phenols is 1. The van der Waals surface area contributed by atoms with Crippen molar-refractivity contribution in [3.63, 3.8) is 0 Å². The maximum absolute atomic E-state index is 9.27. The van der Waals surface area contributed by atoms with Crippen LogP contribution in [0.25, 0.3) is 0 Å². The van der Waals surface area contributed by atoms with Crippen LogP contribution in [-0.2, 0) is 0 Å². The van der Waals surface area contributed by atoms with Crippen molar-refractivity contribution in [3.8, 4) is 5.75 Å². The van der Waals surface area contributed by atoms with Crippen LogP contribution < -0.4 is 5.32 Å². The first-order valence-electron chi connectivity index (χ1n) is 6.70. The molecule has 0 aromatic heterocycles. The van der Waals surface area contributed by atoms with Gasteiger partial charge in [-0.05, 0) is 56.2 Å². The molecule has 1 aromatic carbocycles. The van der Waals surface area contributed by atoms with Gasteiger partial charge in [0.2, 0.25) is 0 Å². The molecule has 1 aromatic rings. The smallest absolute Gasteiger partial charge is 0.115 e. The van der Waals surface area contributed by atoms with Gasteiger partial charge in [0.1, 0.15) is 5.75 Å². The van der Waals surface area contributed by atoms with E-state index in [0.29, 0.717) is 17.8 Å². The van der Waals surface area contributed by atoms with E-state index in [9.17, 15) is 5.11 Å². The number of hydrogen-bond acceptors (Lipinski definition) is 2. The van der Waals surface area contributed by atoms with Gasteiger partial charge in [0.15, 0.2) is 0 Å². The molecule has 0 bridgehead atoms. The molecular weight excluding hydrogens is 210 g/mol. The molecule has 1 atom stereocenters. The molecule has 0 amide bonds. The summed E-state index contributed by atoms with van der Waals surface area (Å²) in [6.07, 6.45) is 5.28. The second-order valence-corrected chi connectivity index (χ2v) is 5.44. The lowest BCUT2D eigenvalue weighted by molar-refractivity contribution is 0.291. The Labute approximate surface area is 104 Å². The average molecular weight is 233 g/mol.